The molecule has 0 saturated heterocycles. The molecule has 23 heavy (non-hydrogen) atoms. The molecule has 1 aromatic carbocycles. The van der Waals surface area contributed by atoms with Crippen molar-refractivity contribution in [2.75, 3.05) is 18.4 Å². The molecule has 0 bridgehead atoms. The maximum atomic E-state index is 12.1. The number of carbonyl (C=O) groups excluding carboxylic acids is 2. The summed E-state index contributed by atoms with van der Waals surface area (Å²) < 4.78 is 0. The fourth-order valence-electron chi connectivity index (χ4n) is 2.79. The average molecular weight is 329 g/mol. The molecule has 3 N–H and O–H groups in total. The minimum Gasteiger partial charge on any atom is -0.366 e. The molecule has 1 aliphatic rings. The molecule has 120 valence electrons. The van der Waals surface area contributed by atoms with Gasteiger partial charge in [-0.3, -0.25) is 14.5 Å². The third-order valence-corrected chi connectivity index (χ3v) is 4.88. The second kappa shape index (κ2) is 6.93. The second-order valence-electron chi connectivity index (χ2n) is 5.62. The maximum absolute atomic E-state index is 12.1. The number of nitrogens with two attached hydrogens (primary N) is 1. The summed E-state index contributed by atoms with van der Waals surface area (Å²) in [6.07, 6.45) is 1.42. The van der Waals surface area contributed by atoms with E-state index in [-0.39, 0.29) is 5.91 Å². The lowest BCUT2D eigenvalue weighted by atomic mass is 10.00. The predicted octanol–water partition coefficient (Wildman–Crippen LogP) is 2.23. The van der Waals surface area contributed by atoms with E-state index in [0.29, 0.717) is 23.5 Å². The molecule has 0 saturated carbocycles. The fraction of sp³-hybridized carbons (Fsp3) is 0.294. The van der Waals surface area contributed by atoms with Crippen molar-refractivity contribution >= 4 is 28.2 Å². The zero-order valence-corrected chi connectivity index (χ0v) is 13.6. The van der Waals surface area contributed by atoms with Gasteiger partial charge in [-0.25, -0.2) is 0 Å². The van der Waals surface area contributed by atoms with Gasteiger partial charge in [0.2, 0.25) is 5.91 Å². The van der Waals surface area contributed by atoms with Crippen LogP contribution in [-0.4, -0.2) is 29.8 Å². The standard InChI is InChI=1S/C17H19N3O2S/c18-16(22)14-7-10-23-17(14)19-15(21)6-9-20-8-5-12-3-1-2-4-13(12)11-20/h1-4,7,10H,5-6,8-9,11H2,(H2,18,22)(H,19,21). The number of nitrogens with one attached hydrogen (secondary N) is 1. The molecule has 0 fully saturated rings. The summed E-state index contributed by atoms with van der Waals surface area (Å²) in [6, 6.07) is 10.1. The van der Waals surface area contributed by atoms with Crippen molar-refractivity contribution in [2.45, 2.75) is 19.4 Å². The van der Waals surface area contributed by atoms with Gasteiger partial charge in [-0.15, -0.1) is 11.3 Å². The van der Waals surface area contributed by atoms with E-state index in [9.17, 15) is 9.59 Å². The molecule has 0 unspecified atom stereocenters. The van der Waals surface area contributed by atoms with Crippen molar-refractivity contribution < 1.29 is 9.59 Å². The Kier molecular flexibility index (Phi) is 4.73. The summed E-state index contributed by atoms with van der Waals surface area (Å²) in [5, 5.41) is 5.06. The van der Waals surface area contributed by atoms with Crippen molar-refractivity contribution in [3.05, 3.63) is 52.4 Å². The third-order valence-electron chi connectivity index (χ3n) is 4.05. The average Bonchev–Trinajstić information content (AvgIpc) is 3.01. The highest BCUT2D eigenvalue weighted by atomic mass is 32.1. The maximum Gasteiger partial charge on any atom is 0.251 e. The minimum atomic E-state index is -0.519. The van der Waals surface area contributed by atoms with Crippen LogP contribution in [0.5, 0.6) is 0 Å². The van der Waals surface area contributed by atoms with Crippen LogP contribution in [0.2, 0.25) is 0 Å². The number of hydrogen-bond donors (Lipinski definition) is 2. The highest BCUT2D eigenvalue weighted by Gasteiger charge is 2.17. The number of primary amides is 1. The summed E-state index contributed by atoms with van der Waals surface area (Å²) in [7, 11) is 0. The summed E-state index contributed by atoms with van der Waals surface area (Å²) >= 11 is 1.31. The number of hydrogen-bond acceptors (Lipinski definition) is 4. The van der Waals surface area contributed by atoms with E-state index < -0.39 is 5.91 Å². The van der Waals surface area contributed by atoms with E-state index in [1.165, 1.54) is 22.5 Å². The molecule has 1 aliphatic heterocycles. The first-order chi connectivity index (χ1) is 11.1. The van der Waals surface area contributed by atoms with Crippen molar-refractivity contribution in [2.24, 2.45) is 5.73 Å². The number of anilines is 1. The summed E-state index contributed by atoms with van der Waals surface area (Å²) in [5.74, 6) is -0.608. The van der Waals surface area contributed by atoms with Crippen LogP contribution in [0, 0.1) is 0 Å². The van der Waals surface area contributed by atoms with Crippen molar-refractivity contribution in [3.63, 3.8) is 0 Å². The highest BCUT2D eigenvalue weighted by molar-refractivity contribution is 7.14. The normalized spacial score (nSPS) is 14.3. The van der Waals surface area contributed by atoms with Crippen LogP contribution in [-0.2, 0) is 17.8 Å². The number of fused-ring (bicyclic) bond motifs is 1. The summed E-state index contributed by atoms with van der Waals surface area (Å²) in [5.41, 5.74) is 8.39. The second-order valence-corrected chi connectivity index (χ2v) is 6.54. The topological polar surface area (TPSA) is 75.4 Å². The van der Waals surface area contributed by atoms with E-state index in [0.717, 1.165) is 19.5 Å². The Balaban J connectivity index is 1.52. The summed E-state index contributed by atoms with van der Waals surface area (Å²) in [4.78, 5) is 25.6. The molecule has 0 spiro atoms. The Morgan fingerprint density at radius 1 is 1.22 bits per heavy atom. The van der Waals surface area contributed by atoms with Crippen LogP contribution in [0.25, 0.3) is 0 Å². The molecule has 5 nitrogen and oxygen atoms in total. The Morgan fingerprint density at radius 3 is 2.78 bits per heavy atom. The molecule has 3 rings (SSSR count). The van der Waals surface area contributed by atoms with Gasteiger partial charge in [-0.2, -0.15) is 0 Å². The van der Waals surface area contributed by atoms with Crippen molar-refractivity contribution in [1.29, 1.82) is 0 Å². The van der Waals surface area contributed by atoms with Gasteiger partial charge in [0.05, 0.1) is 5.56 Å². The van der Waals surface area contributed by atoms with Gasteiger partial charge in [0.15, 0.2) is 0 Å². The highest BCUT2D eigenvalue weighted by Crippen LogP contribution is 2.23. The van der Waals surface area contributed by atoms with E-state index >= 15 is 0 Å². The minimum absolute atomic E-state index is 0.0891. The van der Waals surface area contributed by atoms with Gasteiger partial charge in [0.25, 0.3) is 5.91 Å². The lowest BCUT2D eigenvalue weighted by molar-refractivity contribution is -0.116. The van der Waals surface area contributed by atoms with Crippen LogP contribution in [0.1, 0.15) is 27.9 Å². The number of amides is 2. The lowest BCUT2D eigenvalue weighted by Gasteiger charge is -2.28. The van der Waals surface area contributed by atoms with E-state index in [1.807, 2.05) is 0 Å². The molecule has 0 atom stereocenters. The SMILES string of the molecule is NC(=O)c1ccsc1NC(=O)CCN1CCc2ccccc2C1. The first-order valence-electron chi connectivity index (χ1n) is 7.60. The molecule has 6 heteroatoms. The zero-order valence-electron chi connectivity index (χ0n) is 12.7. The smallest absolute Gasteiger partial charge is 0.251 e. The Morgan fingerprint density at radius 2 is 2.00 bits per heavy atom. The monoisotopic (exact) mass is 329 g/mol. The van der Waals surface area contributed by atoms with Crippen LogP contribution in [0.15, 0.2) is 35.7 Å². The van der Waals surface area contributed by atoms with Crippen LogP contribution >= 0.6 is 11.3 Å². The molecule has 2 aromatic rings. The quantitative estimate of drug-likeness (QED) is 0.883. The number of thiophene rings is 1. The molecule has 2 amide bonds. The molecule has 0 aliphatic carbocycles. The van der Waals surface area contributed by atoms with Gasteiger partial charge in [-0.1, -0.05) is 24.3 Å². The third kappa shape index (κ3) is 3.78. The van der Waals surface area contributed by atoms with Crippen LogP contribution in [0.3, 0.4) is 0 Å². The molecule has 0 radical (unpaired) electrons. The Bertz CT molecular complexity index is 726. The van der Waals surface area contributed by atoms with Gasteiger partial charge in [0, 0.05) is 26.1 Å². The van der Waals surface area contributed by atoms with E-state index in [4.69, 9.17) is 5.73 Å². The van der Waals surface area contributed by atoms with E-state index in [2.05, 4.69) is 34.5 Å². The molecule has 1 aromatic heterocycles. The lowest BCUT2D eigenvalue weighted by Crippen LogP contribution is -2.33. The fourth-order valence-corrected chi connectivity index (χ4v) is 3.60. The molecular weight excluding hydrogens is 310 g/mol. The Labute approximate surface area is 139 Å². The van der Waals surface area contributed by atoms with Gasteiger partial charge < -0.3 is 11.1 Å². The van der Waals surface area contributed by atoms with Gasteiger partial charge >= 0.3 is 0 Å². The number of benzene rings is 1. The van der Waals surface area contributed by atoms with Crippen molar-refractivity contribution in [1.82, 2.24) is 4.90 Å². The molecule has 2 heterocycles. The van der Waals surface area contributed by atoms with Gasteiger partial charge in [0.1, 0.15) is 5.00 Å². The van der Waals surface area contributed by atoms with Crippen LogP contribution < -0.4 is 11.1 Å². The molecular formula is C17H19N3O2S. The number of nitrogens with zero attached hydrogens (tertiary/aromatic N) is 1. The Hall–Kier alpha value is -2.18. The summed E-state index contributed by atoms with van der Waals surface area (Å²) in [6.45, 7) is 2.56. The first-order valence-corrected chi connectivity index (χ1v) is 8.48. The first kappa shape index (κ1) is 15.7. The largest absolute Gasteiger partial charge is 0.366 e. The number of carbonyl (C=O) groups is 2. The zero-order chi connectivity index (χ0) is 16.2. The van der Waals surface area contributed by atoms with Crippen molar-refractivity contribution in [3.8, 4) is 0 Å². The number of rotatable bonds is 5. The predicted molar refractivity (Wildman–Crippen MR) is 91.5 cm³/mol. The van der Waals surface area contributed by atoms with Gasteiger partial charge in [-0.05, 0) is 29.0 Å². The van der Waals surface area contributed by atoms with Crippen LogP contribution in [0.4, 0.5) is 5.00 Å². The van der Waals surface area contributed by atoms with E-state index in [1.54, 1.807) is 11.4 Å².